The first-order valence-electron chi connectivity index (χ1n) is 8.98. The van der Waals surface area contributed by atoms with E-state index in [-0.39, 0.29) is 5.92 Å². The molecule has 0 bridgehead atoms. The van der Waals surface area contributed by atoms with E-state index >= 15 is 0 Å². The molecule has 0 radical (unpaired) electrons. The number of amides is 1. The Kier molecular flexibility index (Phi) is 4.29. The van der Waals surface area contributed by atoms with Crippen molar-refractivity contribution in [1.29, 1.82) is 0 Å². The van der Waals surface area contributed by atoms with Crippen LogP contribution in [-0.2, 0) is 11.8 Å². The van der Waals surface area contributed by atoms with Gasteiger partial charge in [-0.2, -0.15) is 5.10 Å². The molecular weight excluding hydrogens is 318 g/mol. The fraction of sp³-hybridized carbons (Fsp3) is 0.647. The van der Waals surface area contributed by atoms with Crippen molar-refractivity contribution in [3.63, 3.8) is 0 Å². The second-order valence-electron chi connectivity index (χ2n) is 7.09. The highest BCUT2D eigenvalue weighted by Crippen LogP contribution is 2.28. The highest BCUT2D eigenvalue weighted by Gasteiger charge is 2.30. The van der Waals surface area contributed by atoms with Crippen molar-refractivity contribution < 1.29 is 4.79 Å². The molecule has 0 N–H and O–H groups in total. The Balaban J connectivity index is 1.42. The molecule has 4 heterocycles. The van der Waals surface area contributed by atoms with E-state index in [2.05, 4.69) is 31.9 Å². The van der Waals surface area contributed by atoms with Gasteiger partial charge in [0.2, 0.25) is 5.91 Å². The first-order chi connectivity index (χ1) is 12.1. The van der Waals surface area contributed by atoms with Gasteiger partial charge in [-0.05, 0) is 19.9 Å². The molecule has 8 nitrogen and oxygen atoms in total. The molecule has 0 atom stereocenters. The van der Waals surface area contributed by atoms with Gasteiger partial charge in [-0.1, -0.05) is 0 Å². The van der Waals surface area contributed by atoms with Gasteiger partial charge in [-0.25, -0.2) is 9.97 Å². The fourth-order valence-electron chi connectivity index (χ4n) is 3.82. The topological polar surface area (TPSA) is 70.4 Å². The zero-order valence-electron chi connectivity index (χ0n) is 14.9. The summed E-state index contributed by atoms with van der Waals surface area (Å²) >= 11 is 0. The van der Waals surface area contributed by atoms with Crippen LogP contribution in [0.5, 0.6) is 0 Å². The molecule has 4 rings (SSSR count). The first-order valence-corrected chi connectivity index (χ1v) is 8.98. The van der Waals surface area contributed by atoms with Gasteiger partial charge in [0.25, 0.3) is 0 Å². The summed E-state index contributed by atoms with van der Waals surface area (Å²) in [6, 6.07) is 0. The summed E-state index contributed by atoms with van der Waals surface area (Å²) in [4.78, 5) is 28.1. The summed E-state index contributed by atoms with van der Waals surface area (Å²) in [5.74, 6) is 1.41. The second kappa shape index (κ2) is 6.59. The third-order valence-corrected chi connectivity index (χ3v) is 5.47. The molecule has 2 aliphatic heterocycles. The van der Waals surface area contributed by atoms with E-state index in [4.69, 9.17) is 0 Å². The molecule has 8 heteroatoms. The molecular formula is C17H25N7O. The van der Waals surface area contributed by atoms with Crippen molar-refractivity contribution in [2.75, 3.05) is 51.2 Å². The van der Waals surface area contributed by atoms with Gasteiger partial charge in [0.1, 0.15) is 12.1 Å². The molecule has 0 spiro atoms. The number of hydrogen-bond donors (Lipinski definition) is 0. The summed E-state index contributed by atoms with van der Waals surface area (Å²) in [6.07, 6.45) is 5.20. The van der Waals surface area contributed by atoms with E-state index in [9.17, 15) is 4.79 Å². The van der Waals surface area contributed by atoms with Crippen molar-refractivity contribution in [2.45, 2.75) is 12.8 Å². The summed E-state index contributed by atoms with van der Waals surface area (Å²) in [5.41, 5.74) is 0.848. The third kappa shape index (κ3) is 3.06. The Bertz CT molecular complexity index is 757. The molecule has 2 saturated heterocycles. The number of anilines is 1. The fourth-order valence-corrected chi connectivity index (χ4v) is 3.82. The zero-order chi connectivity index (χ0) is 17.4. The monoisotopic (exact) mass is 343 g/mol. The number of nitrogens with zero attached hydrogens (tertiary/aromatic N) is 7. The number of carbonyl (C=O) groups is 1. The summed E-state index contributed by atoms with van der Waals surface area (Å²) < 4.78 is 1.77. The van der Waals surface area contributed by atoms with E-state index in [0.29, 0.717) is 5.91 Å². The highest BCUT2D eigenvalue weighted by atomic mass is 16.2. The Morgan fingerprint density at radius 3 is 2.48 bits per heavy atom. The molecule has 2 fully saturated rings. The van der Waals surface area contributed by atoms with E-state index in [1.165, 1.54) is 0 Å². The molecule has 25 heavy (non-hydrogen) atoms. The van der Waals surface area contributed by atoms with E-state index in [0.717, 1.165) is 69.0 Å². The summed E-state index contributed by atoms with van der Waals surface area (Å²) in [6.45, 7) is 5.38. The van der Waals surface area contributed by atoms with Crippen molar-refractivity contribution in [2.24, 2.45) is 13.0 Å². The molecule has 0 unspecified atom stereocenters. The Hall–Kier alpha value is -2.22. The first kappa shape index (κ1) is 16.3. The number of aromatic nitrogens is 4. The number of carbonyl (C=O) groups excluding carboxylic acids is 1. The van der Waals surface area contributed by atoms with Gasteiger partial charge >= 0.3 is 0 Å². The molecule has 2 aliphatic rings. The molecule has 2 aromatic rings. The van der Waals surface area contributed by atoms with E-state index in [1.807, 2.05) is 18.1 Å². The number of piperidine rings is 1. The molecule has 1 amide bonds. The van der Waals surface area contributed by atoms with E-state index < -0.39 is 0 Å². The van der Waals surface area contributed by atoms with Crippen LogP contribution in [0.3, 0.4) is 0 Å². The predicted octanol–water partition coefficient (Wildman–Crippen LogP) is 0.354. The van der Waals surface area contributed by atoms with Crippen LogP contribution in [0, 0.1) is 5.92 Å². The van der Waals surface area contributed by atoms with Crippen LogP contribution in [0.4, 0.5) is 5.82 Å². The number of aryl methyl sites for hydroxylation is 1. The van der Waals surface area contributed by atoms with E-state index in [1.54, 1.807) is 11.0 Å². The number of piperazine rings is 1. The highest BCUT2D eigenvalue weighted by molar-refractivity contribution is 5.87. The van der Waals surface area contributed by atoms with Crippen LogP contribution in [0.1, 0.15) is 12.8 Å². The lowest BCUT2D eigenvalue weighted by atomic mass is 9.95. The van der Waals surface area contributed by atoms with Crippen molar-refractivity contribution >= 4 is 22.8 Å². The average molecular weight is 343 g/mol. The Labute approximate surface area is 147 Å². The predicted molar refractivity (Wildman–Crippen MR) is 95.3 cm³/mol. The van der Waals surface area contributed by atoms with Crippen LogP contribution in [0.15, 0.2) is 12.5 Å². The second-order valence-corrected chi connectivity index (χ2v) is 7.09. The normalized spacial score (nSPS) is 20.4. The number of likely N-dealkylation sites (N-methyl/N-ethyl adjacent to an activating group) is 1. The van der Waals surface area contributed by atoms with Gasteiger partial charge < -0.3 is 14.7 Å². The number of rotatable bonds is 2. The maximum Gasteiger partial charge on any atom is 0.225 e. The number of hydrogen-bond acceptors (Lipinski definition) is 6. The molecule has 0 aromatic carbocycles. The van der Waals surface area contributed by atoms with Crippen molar-refractivity contribution in [3.05, 3.63) is 12.5 Å². The van der Waals surface area contributed by atoms with Crippen molar-refractivity contribution in [3.8, 4) is 0 Å². The van der Waals surface area contributed by atoms with Gasteiger partial charge in [-0.15, -0.1) is 0 Å². The van der Waals surface area contributed by atoms with Gasteiger partial charge in [0.05, 0.1) is 11.6 Å². The SMILES string of the molecule is CN1CCN(C(=O)C2CCN(c3ncnc4c3cnn4C)CC2)CC1. The standard InChI is InChI=1S/C17H25N7O/c1-21-7-9-24(10-8-21)17(25)13-3-5-23(6-4-13)16-14-11-20-22(2)15(14)18-12-19-16/h11-13H,3-10H2,1-2H3. The average Bonchev–Trinajstić information content (AvgIpc) is 3.03. The minimum atomic E-state index is 0.144. The minimum absolute atomic E-state index is 0.144. The van der Waals surface area contributed by atoms with Crippen LogP contribution in [0.25, 0.3) is 11.0 Å². The minimum Gasteiger partial charge on any atom is -0.356 e. The van der Waals surface area contributed by atoms with Crippen molar-refractivity contribution in [1.82, 2.24) is 29.5 Å². The molecule has 134 valence electrons. The van der Waals surface area contributed by atoms with Crippen LogP contribution >= 0.6 is 0 Å². The quantitative estimate of drug-likeness (QED) is 0.784. The van der Waals surface area contributed by atoms with Gasteiger partial charge in [-0.3, -0.25) is 9.48 Å². The lowest BCUT2D eigenvalue weighted by Crippen LogP contribution is -2.50. The maximum atomic E-state index is 12.8. The number of fused-ring (bicyclic) bond motifs is 1. The Morgan fingerprint density at radius 1 is 1.04 bits per heavy atom. The van der Waals surface area contributed by atoms with Gasteiger partial charge in [0, 0.05) is 52.2 Å². The lowest BCUT2D eigenvalue weighted by molar-refractivity contribution is -0.137. The van der Waals surface area contributed by atoms with Crippen LogP contribution in [0.2, 0.25) is 0 Å². The molecule has 0 aliphatic carbocycles. The van der Waals surface area contributed by atoms with Crippen LogP contribution < -0.4 is 4.90 Å². The van der Waals surface area contributed by atoms with Gasteiger partial charge in [0.15, 0.2) is 5.65 Å². The maximum absolute atomic E-state index is 12.8. The molecule has 2 aromatic heterocycles. The third-order valence-electron chi connectivity index (χ3n) is 5.47. The summed E-state index contributed by atoms with van der Waals surface area (Å²) in [7, 11) is 4.00. The Morgan fingerprint density at radius 2 is 1.76 bits per heavy atom. The summed E-state index contributed by atoms with van der Waals surface area (Å²) in [5, 5.41) is 5.26. The zero-order valence-corrected chi connectivity index (χ0v) is 14.9. The smallest absolute Gasteiger partial charge is 0.225 e. The molecule has 0 saturated carbocycles. The van der Waals surface area contributed by atoms with Crippen LogP contribution in [-0.4, -0.2) is 81.8 Å². The largest absolute Gasteiger partial charge is 0.356 e. The lowest BCUT2D eigenvalue weighted by Gasteiger charge is -2.37.